The lowest BCUT2D eigenvalue weighted by Crippen LogP contribution is -2.48. The van der Waals surface area contributed by atoms with E-state index in [1.807, 2.05) is 23.1 Å². The molecule has 27 heavy (non-hydrogen) atoms. The van der Waals surface area contributed by atoms with E-state index in [1.165, 1.54) is 0 Å². The predicted molar refractivity (Wildman–Crippen MR) is 103 cm³/mol. The van der Waals surface area contributed by atoms with Crippen molar-refractivity contribution in [1.29, 1.82) is 0 Å². The minimum atomic E-state index is -0.385. The highest BCUT2D eigenvalue weighted by Gasteiger charge is 2.40. The third-order valence-electron chi connectivity index (χ3n) is 5.41. The molecule has 146 valence electrons. The van der Waals surface area contributed by atoms with Gasteiger partial charge in [0.2, 0.25) is 5.91 Å². The van der Waals surface area contributed by atoms with E-state index < -0.39 is 0 Å². The number of ketones is 1. The number of hydrogen-bond donors (Lipinski definition) is 0. The van der Waals surface area contributed by atoms with Crippen LogP contribution >= 0.6 is 11.6 Å². The summed E-state index contributed by atoms with van der Waals surface area (Å²) in [5, 5.41) is 0.594. The molecule has 0 aromatic heterocycles. The summed E-state index contributed by atoms with van der Waals surface area (Å²) < 4.78 is 5.10. The van der Waals surface area contributed by atoms with Gasteiger partial charge in [-0.25, -0.2) is 0 Å². The largest absolute Gasteiger partial charge is 0.466 e. The molecule has 0 spiro atoms. The number of halogens is 1. The second-order valence-corrected chi connectivity index (χ2v) is 7.49. The maximum Gasteiger partial charge on any atom is 0.309 e. The number of rotatable bonds is 4. The number of anilines is 1. The number of hydrogen-bond acceptors (Lipinski definition) is 5. The van der Waals surface area contributed by atoms with Crippen molar-refractivity contribution in [2.75, 3.05) is 37.7 Å². The molecular formula is C20H25ClN2O4. The first-order valence-electron chi connectivity index (χ1n) is 9.40. The van der Waals surface area contributed by atoms with Gasteiger partial charge >= 0.3 is 5.97 Å². The molecule has 1 aromatic carbocycles. The number of amides is 1. The minimum Gasteiger partial charge on any atom is -0.466 e. The van der Waals surface area contributed by atoms with Gasteiger partial charge in [0.15, 0.2) is 0 Å². The molecular weight excluding hydrogens is 368 g/mol. The van der Waals surface area contributed by atoms with Crippen LogP contribution in [0.3, 0.4) is 0 Å². The van der Waals surface area contributed by atoms with Gasteiger partial charge in [0, 0.05) is 45.4 Å². The van der Waals surface area contributed by atoms with Crippen LogP contribution in [0.2, 0.25) is 5.02 Å². The number of ether oxygens (including phenoxy) is 1. The highest BCUT2D eigenvalue weighted by Crippen LogP contribution is 2.43. The summed E-state index contributed by atoms with van der Waals surface area (Å²) in [6, 6.07) is 5.59. The topological polar surface area (TPSA) is 66.9 Å². The van der Waals surface area contributed by atoms with Crippen LogP contribution in [-0.2, 0) is 19.1 Å². The molecule has 7 heteroatoms. The van der Waals surface area contributed by atoms with Gasteiger partial charge in [0.05, 0.1) is 23.2 Å². The Kier molecular flexibility index (Phi) is 6.05. The van der Waals surface area contributed by atoms with E-state index in [1.54, 1.807) is 13.8 Å². The lowest BCUT2D eigenvalue weighted by molar-refractivity contribution is -0.148. The first-order chi connectivity index (χ1) is 12.9. The monoisotopic (exact) mass is 392 g/mol. The zero-order chi connectivity index (χ0) is 19.6. The van der Waals surface area contributed by atoms with Crippen LogP contribution in [0.15, 0.2) is 18.2 Å². The van der Waals surface area contributed by atoms with Gasteiger partial charge in [0.25, 0.3) is 0 Å². The van der Waals surface area contributed by atoms with E-state index in [2.05, 4.69) is 4.90 Å². The van der Waals surface area contributed by atoms with Gasteiger partial charge in [-0.2, -0.15) is 0 Å². The molecule has 2 aliphatic rings. The molecule has 3 rings (SSSR count). The third-order valence-corrected chi connectivity index (χ3v) is 5.72. The van der Waals surface area contributed by atoms with E-state index >= 15 is 0 Å². The quantitative estimate of drug-likeness (QED) is 0.737. The highest BCUT2D eigenvalue weighted by atomic mass is 35.5. The number of para-hydroxylation sites is 1. The lowest BCUT2D eigenvalue weighted by atomic mass is 9.93. The molecule has 0 bridgehead atoms. The smallest absolute Gasteiger partial charge is 0.309 e. The molecule has 1 amide bonds. The average Bonchev–Trinajstić information content (AvgIpc) is 3.03. The molecule has 0 unspecified atom stereocenters. The molecule has 1 saturated heterocycles. The Bertz CT molecular complexity index is 743. The maximum atomic E-state index is 12.7. The molecule has 2 atom stereocenters. The molecule has 0 radical (unpaired) electrons. The number of Topliss-reactive ketones (excluding diaryl/α,β-unsaturated/α-hetero) is 1. The number of carbonyl (C=O) groups is 3. The van der Waals surface area contributed by atoms with Crippen LogP contribution in [0.1, 0.15) is 38.2 Å². The molecule has 1 aliphatic carbocycles. The minimum absolute atomic E-state index is 0.0546. The fraction of sp³-hybridized carbons (Fsp3) is 0.550. The second kappa shape index (κ2) is 8.30. The fourth-order valence-electron chi connectivity index (χ4n) is 4.02. The molecule has 0 N–H and O–H groups in total. The zero-order valence-electron chi connectivity index (χ0n) is 15.7. The van der Waals surface area contributed by atoms with Crippen molar-refractivity contribution in [2.45, 2.75) is 32.6 Å². The summed E-state index contributed by atoms with van der Waals surface area (Å²) in [6.07, 6.45) is 0.673. The summed E-state index contributed by atoms with van der Waals surface area (Å²) in [7, 11) is 0. The molecule has 1 heterocycles. The fourth-order valence-corrected chi connectivity index (χ4v) is 4.32. The third kappa shape index (κ3) is 4.10. The van der Waals surface area contributed by atoms with Gasteiger partial charge in [-0.05, 0) is 25.0 Å². The lowest BCUT2D eigenvalue weighted by Gasteiger charge is -2.37. The number of piperazine rings is 1. The SMILES string of the molecule is CCOC(=O)[C@H]1CC(=O)[C@@H](c2cccc(Cl)c2N2CCN(C(C)=O)CC2)C1. The van der Waals surface area contributed by atoms with Gasteiger partial charge in [-0.1, -0.05) is 23.7 Å². The van der Waals surface area contributed by atoms with Crippen molar-refractivity contribution < 1.29 is 19.1 Å². The van der Waals surface area contributed by atoms with Crippen LogP contribution in [0.5, 0.6) is 0 Å². The van der Waals surface area contributed by atoms with Crippen molar-refractivity contribution in [2.24, 2.45) is 5.92 Å². The van der Waals surface area contributed by atoms with Gasteiger partial charge in [-0.15, -0.1) is 0 Å². The zero-order valence-corrected chi connectivity index (χ0v) is 16.5. The summed E-state index contributed by atoms with van der Waals surface area (Å²) in [5.41, 5.74) is 1.72. The van der Waals surface area contributed by atoms with E-state index in [-0.39, 0.29) is 35.9 Å². The number of esters is 1. The Hall–Kier alpha value is -2.08. The first-order valence-corrected chi connectivity index (χ1v) is 9.78. The number of nitrogens with zero attached hydrogens (tertiary/aromatic N) is 2. The van der Waals surface area contributed by atoms with Gasteiger partial charge < -0.3 is 14.5 Å². The van der Waals surface area contributed by atoms with Crippen molar-refractivity contribution in [3.05, 3.63) is 28.8 Å². The van der Waals surface area contributed by atoms with E-state index in [9.17, 15) is 14.4 Å². The van der Waals surface area contributed by atoms with Crippen LogP contribution in [0.4, 0.5) is 5.69 Å². The molecule has 2 fully saturated rings. The first kappa shape index (κ1) is 19.7. The van der Waals surface area contributed by atoms with E-state index in [4.69, 9.17) is 16.3 Å². The maximum absolute atomic E-state index is 12.7. The molecule has 1 saturated carbocycles. The van der Waals surface area contributed by atoms with Crippen LogP contribution in [-0.4, -0.2) is 55.3 Å². The Labute approximate surface area is 164 Å². The van der Waals surface area contributed by atoms with E-state index in [0.717, 1.165) is 11.3 Å². The van der Waals surface area contributed by atoms with Crippen LogP contribution in [0, 0.1) is 5.92 Å². The summed E-state index contributed by atoms with van der Waals surface area (Å²) >= 11 is 6.51. The van der Waals surface area contributed by atoms with Gasteiger partial charge in [0.1, 0.15) is 5.78 Å². The van der Waals surface area contributed by atoms with E-state index in [0.29, 0.717) is 44.2 Å². The normalized spacial score (nSPS) is 22.9. The predicted octanol–water partition coefficient (Wildman–Crippen LogP) is 2.63. The van der Waals surface area contributed by atoms with Crippen molar-refractivity contribution in [3.8, 4) is 0 Å². The Morgan fingerprint density at radius 2 is 1.93 bits per heavy atom. The van der Waals surface area contributed by atoms with Crippen molar-refractivity contribution in [3.63, 3.8) is 0 Å². The second-order valence-electron chi connectivity index (χ2n) is 7.08. The summed E-state index contributed by atoms with van der Waals surface area (Å²) in [5.74, 6) is -0.911. The highest BCUT2D eigenvalue weighted by molar-refractivity contribution is 6.33. The Morgan fingerprint density at radius 3 is 2.56 bits per heavy atom. The Morgan fingerprint density at radius 1 is 1.22 bits per heavy atom. The summed E-state index contributed by atoms with van der Waals surface area (Å²) in [6.45, 7) is 6.24. The molecule has 1 aromatic rings. The number of benzene rings is 1. The van der Waals surface area contributed by atoms with Crippen molar-refractivity contribution in [1.82, 2.24) is 4.90 Å². The summed E-state index contributed by atoms with van der Waals surface area (Å²) in [4.78, 5) is 40.3. The molecule has 1 aliphatic heterocycles. The van der Waals surface area contributed by atoms with Gasteiger partial charge in [-0.3, -0.25) is 14.4 Å². The van der Waals surface area contributed by atoms with Crippen molar-refractivity contribution >= 4 is 34.9 Å². The standard InChI is InChI=1S/C20H25ClN2O4/c1-3-27-20(26)14-11-16(18(25)12-14)15-5-4-6-17(21)19(15)23-9-7-22(8-10-23)13(2)24/h4-6,14,16H,3,7-12H2,1-2H3/t14-,16-/m1/s1. The van der Waals surface area contributed by atoms with Crippen LogP contribution in [0.25, 0.3) is 0 Å². The average molecular weight is 393 g/mol. The Balaban J connectivity index is 1.83. The molecule has 6 nitrogen and oxygen atoms in total. The number of carbonyl (C=O) groups excluding carboxylic acids is 3. The van der Waals surface area contributed by atoms with Crippen LogP contribution < -0.4 is 4.90 Å².